The summed E-state index contributed by atoms with van der Waals surface area (Å²) in [4.78, 5) is 11.6. The van der Waals surface area contributed by atoms with Crippen LogP contribution in [-0.2, 0) is 17.5 Å². The van der Waals surface area contributed by atoms with E-state index in [1.54, 1.807) is 12.1 Å². The Balaban J connectivity index is 1.95. The zero-order valence-electron chi connectivity index (χ0n) is 11.1. The fourth-order valence-corrected chi connectivity index (χ4v) is 1.81. The Morgan fingerprint density at radius 2 is 2.09 bits per heavy atom. The van der Waals surface area contributed by atoms with E-state index in [-0.39, 0.29) is 11.6 Å². The minimum Gasteiger partial charge on any atom is -0.483 e. The van der Waals surface area contributed by atoms with Crippen molar-refractivity contribution in [1.29, 1.82) is 0 Å². The maximum Gasteiger partial charge on any atom is 0.420 e. The highest BCUT2D eigenvalue weighted by Gasteiger charge is 2.34. The van der Waals surface area contributed by atoms with Crippen LogP contribution in [-0.4, -0.2) is 12.5 Å². The predicted octanol–water partition coefficient (Wildman–Crippen LogP) is 3.65. The number of carbonyl (C=O) groups excluding carboxylic acids is 1. The number of amides is 1. The molecular weight excluding hydrogens is 323 g/mol. The Hall–Kier alpha value is -2.15. The van der Waals surface area contributed by atoms with Crippen LogP contribution in [0.4, 0.5) is 13.2 Å². The second kappa shape index (κ2) is 6.74. The van der Waals surface area contributed by atoms with Crippen molar-refractivity contribution >= 4 is 17.5 Å². The molecule has 4 nitrogen and oxygen atoms in total. The molecule has 1 aromatic carbocycles. The lowest BCUT2D eigenvalue weighted by atomic mass is 10.2. The van der Waals surface area contributed by atoms with E-state index in [1.807, 2.05) is 0 Å². The zero-order chi connectivity index (χ0) is 16.2. The molecule has 0 aliphatic carbocycles. The van der Waals surface area contributed by atoms with Gasteiger partial charge in [0.05, 0.1) is 18.4 Å². The summed E-state index contributed by atoms with van der Waals surface area (Å²) in [7, 11) is 0. The van der Waals surface area contributed by atoms with Gasteiger partial charge in [-0.1, -0.05) is 11.6 Å². The van der Waals surface area contributed by atoms with E-state index in [0.29, 0.717) is 5.76 Å². The van der Waals surface area contributed by atoms with Crippen LogP contribution < -0.4 is 10.1 Å². The van der Waals surface area contributed by atoms with Crippen LogP contribution in [0, 0.1) is 0 Å². The number of rotatable bonds is 5. The number of ether oxygens (including phenoxy) is 1. The third kappa shape index (κ3) is 4.42. The highest BCUT2D eigenvalue weighted by atomic mass is 35.5. The summed E-state index contributed by atoms with van der Waals surface area (Å²) < 4.78 is 48.4. The number of carbonyl (C=O) groups is 1. The van der Waals surface area contributed by atoms with Gasteiger partial charge < -0.3 is 14.5 Å². The average Bonchev–Trinajstić information content (AvgIpc) is 2.96. The van der Waals surface area contributed by atoms with Crippen molar-refractivity contribution in [2.45, 2.75) is 12.7 Å². The second-order valence-corrected chi connectivity index (χ2v) is 4.72. The quantitative estimate of drug-likeness (QED) is 0.908. The van der Waals surface area contributed by atoms with Crippen molar-refractivity contribution in [2.75, 3.05) is 6.61 Å². The summed E-state index contributed by atoms with van der Waals surface area (Å²) in [6, 6.07) is 6.39. The molecule has 0 saturated heterocycles. The third-order valence-corrected chi connectivity index (χ3v) is 2.88. The molecule has 1 aromatic heterocycles. The van der Waals surface area contributed by atoms with Crippen molar-refractivity contribution in [1.82, 2.24) is 5.32 Å². The van der Waals surface area contributed by atoms with Gasteiger partial charge in [0.15, 0.2) is 6.61 Å². The number of nitrogens with one attached hydrogen (secondary N) is 1. The van der Waals surface area contributed by atoms with Gasteiger partial charge in [0.1, 0.15) is 11.5 Å². The van der Waals surface area contributed by atoms with Crippen LogP contribution in [0.5, 0.6) is 5.75 Å². The fourth-order valence-electron chi connectivity index (χ4n) is 1.64. The summed E-state index contributed by atoms with van der Waals surface area (Å²) in [6.45, 7) is -0.423. The Bertz CT molecular complexity index is 641. The van der Waals surface area contributed by atoms with Crippen LogP contribution in [0.3, 0.4) is 0 Å². The minimum atomic E-state index is -4.62. The van der Waals surface area contributed by atoms with E-state index in [9.17, 15) is 18.0 Å². The molecule has 0 bridgehead atoms. The summed E-state index contributed by atoms with van der Waals surface area (Å²) in [5.74, 6) is -0.500. The fraction of sp³-hybridized carbons (Fsp3) is 0.214. The monoisotopic (exact) mass is 333 g/mol. The highest BCUT2D eigenvalue weighted by molar-refractivity contribution is 6.30. The van der Waals surface area contributed by atoms with E-state index in [0.717, 1.165) is 12.1 Å². The highest BCUT2D eigenvalue weighted by Crippen LogP contribution is 2.37. The summed E-state index contributed by atoms with van der Waals surface area (Å²) in [6.07, 6.45) is -3.17. The molecule has 2 aromatic rings. The molecule has 1 N–H and O–H groups in total. The predicted molar refractivity (Wildman–Crippen MR) is 72.5 cm³/mol. The summed E-state index contributed by atoms with van der Waals surface area (Å²) in [5.41, 5.74) is -1.03. The molecule has 1 heterocycles. The summed E-state index contributed by atoms with van der Waals surface area (Å²) >= 11 is 5.55. The standard InChI is InChI=1S/C14H11ClF3NO3/c15-9-3-4-12(11(6-9)14(16,17)18)22-8-13(20)19-7-10-2-1-5-21-10/h1-6H,7-8H2,(H,19,20). The maximum absolute atomic E-state index is 12.8. The lowest BCUT2D eigenvalue weighted by Crippen LogP contribution is -2.28. The van der Waals surface area contributed by atoms with Gasteiger partial charge in [-0.2, -0.15) is 13.2 Å². The summed E-state index contributed by atoms with van der Waals surface area (Å²) in [5, 5.41) is 2.39. The zero-order valence-corrected chi connectivity index (χ0v) is 11.9. The molecule has 0 fully saturated rings. The molecule has 0 aliphatic heterocycles. The molecule has 0 aliphatic rings. The molecule has 22 heavy (non-hydrogen) atoms. The minimum absolute atomic E-state index is 0.0676. The topological polar surface area (TPSA) is 51.5 Å². The smallest absolute Gasteiger partial charge is 0.420 e. The Labute approximate surface area is 128 Å². The number of halogens is 4. The molecule has 0 saturated carbocycles. The van der Waals surface area contributed by atoms with Crippen LogP contribution in [0.15, 0.2) is 41.0 Å². The Kier molecular flexibility index (Phi) is 4.97. The van der Waals surface area contributed by atoms with Crippen molar-refractivity contribution < 1.29 is 27.1 Å². The largest absolute Gasteiger partial charge is 0.483 e. The van der Waals surface area contributed by atoms with Crippen molar-refractivity contribution in [3.05, 3.63) is 52.9 Å². The van der Waals surface area contributed by atoms with E-state index >= 15 is 0 Å². The van der Waals surface area contributed by atoms with Gasteiger partial charge in [0.25, 0.3) is 5.91 Å². The number of benzene rings is 1. The number of alkyl halides is 3. The first-order valence-corrected chi connectivity index (χ1v) is 6.52. The van der Waals surface area contributed by atoms with Gasteiger partial charge >= 0.3 is 6.18 Å². The molecule has 2 rings (SSSR count). The number of furan rings is 1. The van der Waals surface area contributed by atoms with Crippen LogP contribution >= 0.6 is 11.6 Å². The Morgan fingerprint density at radius 3 is 2.73 bits per heavy atom. The van der Waals surface area contributed by atoms with Gasteiger partial charge in [0.2, 0.25) is 0 Å². The first-order valence-electron chi connectivity index (χ1n) is 6.15. The second-order valence-electron chi connectivity index (χ2n) is 4.28. The molecule has 8 heteroatoms. The van der Waals surface area contributed by atoms with E-state index < -0.39 is 30.0 Å². The van der Waals surface area contributed by atoms with E-state index in [2.05, 4.69) is 5.32 Å². The van der Waals surface area contributed by atoms with Crippen molar-refractivity contribution in [3.8, 4) is 5.75 Å². The molecular formula is C14H11ClF3NO3. The molecule has 118 valence electrons. The van der Waals surface area contributed by atoms with Crippen LogP contribution in [0.25, 0.3) is 0 Å². The van der Waals surface area contributed by atoms with Crippen LogP contribution in [0.2, 0.25) is 5.02 Å². The number of hydrogen-bond acceptors (Lipinski definition) is 3. The molecule has 0 unspecified atom stereocenters. The van der Waals surface area contributed by atoms with Gasteiger partial charge in [-0.15, -0.1) is 0 Å². The molecule has 1 amide bonds. The number of hydrogen-bond donors (Lipinski definition) is 1. The molecule has 0 atom stereocenters. The Morgan fingerprint density at radius 1 is 1.32 bits per heavy atom. The lowest BCUT2D eigenvalue weighted by Gasteiger charge is -2.14. The van der Waals surface area contributed by atoms with Gasteiger partial charge in [0, 0.05) is 5.02 Å². The van der Waals surface area contributed by atoms with Gasteiger partial charge in [-0.05, 0) is 30.3 Å². The lowest BCUT2D eigenvalue weighted by molar-refractivity contribution is -0.139. The first-order chi connectivity index (χ1) is 10.4. The van der Waals surface area contributed by atoms with Crippen LogP contribution in [0.1, 0.15) is 11.3 Å². The third-order valence-electron chi connectivity index (χ3n) is 2.65. The SMILES string of the molecule is O=C(COc1ccc(Cl)cc1C(F)(F)F)NCc1ccco1. The van der Waals surface area contributed by atoms with E-state index in [1.165, 1.54) is 12.3 Å². The normalized spacial score (nSPS) is 11.3. The average molecular weight is 334 g/mol. The van der Waals surface area contributed by atoms with E-state index in [4.69, 9.17) is 20.8 Å². The van der Waals surface area contributed by atoms with Crippen molar-refractivity contribution in [2.24, 2.45) is 0 Å². The van der Waals surface area contributed by atoms with Crippen molar-refractivity contribution in [3.63, 3.8) is 0 Å². The van der Waals surface area contributed by atoms with Gasteiger partial charge in [-0.3, -0.25) is 4.79 Å². The molecule has 0 spiro atoms. The van der Waals surface area contributed by atoms with Gasteiger partial charge in [-0.25, -0.2) is 0 Å². The first kappa shape index (κ1) is 16.2. The molecule has 0 radical (unpaired) electrons. The maximum atomic E-state index is 12.8.